The number of H-pyrrole nitrogens is 1. The Kier molecular flexibility index (Phi) is 13.1. The van der Waals surface area contributed by atoms with Gasteiger partial charge in [-0.05, 0) is 157 Å². The predicted octanol–water partition coefficient (Wildman–Crippen LogP) is 17.6. The molecule has 0 saturated heterocycles. The van der Waals surface area contributed by atoms with Crippen LogP contribution in [0.4, 0.5) is 0 Å². The maximum absolute atomic E-state index is 11.1. The van der Waals surface area contributed by atoms with Crippen LogP contribution in [-0.4, -0.2) is 9.97 Å². The molecule has 3 aromatic heterocycles. The van der Waals surface area contributed by atoms with Crippen LogP contribution in [0.2, 0.25) is 0 Å². The van der Waals surface area contributed by atoms with Gasteiger partial charge in [0.25, 0.3) is 0 Å². The second kappa shape index (κ2) is 23.6. The molecule has 0 radical (unpaired) electrons. The first-order valence-electron chi connectivity index (χ1n) is 31.1. The van der Waals surface area contributed by atoms with Gasteiger partial charge in [0.05, 0.1) is 12.5 Å². The summed E-state index contributed by atoms with van der Waals surface area (Å²) in [4.78, 5) is 12.7. The van der Waals surface area contributed by atoms with Crippen molar-refractivity contribution in [2.45, 2.75) is 0 Å². The van der Waals surface area contributed by atoms with Crippen molar-refractivity contribution >= 4 is 86.8 Å². The topological polar surface area (TPSA) is 76.1 Å². The fourth-order valence-electron chi connectivity index (χ4n) is 12.3. The summed E-state index contributed by atoms with van der Waals surface area (Å²) in [5.41, 5.74) is 12.7. The van der Waals surface area contributed by atoms with Crippen molar-refractivity contribution in [2.75, 3.05) is 0 Å². The second-order valence-corrected chi connectivity index (χ2v) is 21.1. The van der Waals surface area contributed by atoms with Crippen molar-refractivity contribution < 1.29 is 40.2 Å². The van der Waals surface area contributed by atoms with Crippen LogP contribution in [0, 0.1) is 0 Å². The molecule has 0 unspecified atom stereocenters. The summed E-state index contributed by atoms with van der Waals surface area (Å²) in [6, 6.07) is 93.2. The van der Waals surface area contributed by atoms with Gasteiger partial charge in [0.2, 0.25) is 17.1 Å². The van der Waals surface area contributed by atoms with Crippen molar-refractivity contribution in [3.8, 4) is 73.0 Å². The zero-order valence-corrected chi connectivity index (χ0v) is 47.3. The van der Waals surface area contributed by atoms with Crippen LogP contribution in [0.15, 0.2) is 320 Å². The van der Waals surface area contributed by atoms with Gasteiger partial charge < -0.3 is 9.52 Å². The van der Waals surface area contributed by atoms with E-state index in [1.807, 2.05) is 66.7 Å². The maximum Gasteiger partial charge on any atom is 1.00 e. The Labute approximate surface area is 522 Å². The van der Waals surface area contributed by atoms with Crippen molar-refractivity contribution in [2.24, 2.45) is 0 Å². The fourth-order valence-corrected chi connectivity index (χ4v) is 12.3. The molecular weight excluding hydrogens is 1050 g/mol. The number of benzene rings is 14. The summed E-state index contributed by atoms with van der Waals surface area (Å²) in [6.45, 7) is 0. The molecule has 6 heteroatoms. The minimum Gasteiger partial charge on any atom is -0.868 e. The van der Waals surface area contributed by atoms with Crippen LogP contribution in [0.3, 0.4) is 0 Å². The van der Waals surface area contributed by atoms with Gasteiger partial charge in [-0.3, -0.25) is 0 Å². The van der Waals surface area contributed by atoms with Gasteiger partial charge in [-0.1, -0.05) is 261 Å². The Morgan fingerprint density at radius 3 is 1.40 bits per heavy atom. The van der Waals surface area contributed by atoms with Gasteiger partial charge in [-0.15, -0.1) is 0 Å². The fraction of sp³-hybridized carbons (Fsp3) is 0. The smallest absolute Gasteiger partial charge is 0.868 e. The van der Waals surface area contributed by atoms with E-state index in [4.69, 9.17) is 21.2 Å². The molecule has 0 aliphatic carbocycles. The maximum atomic E-state index is 11.1. The van der Waals surface area contributed by atoms with E-state index < -0.39 is 0 Å². The summed E-state index contributed by atoms with van der Waals surface area (Å²) in [5.74, 6) is 0.613. The number of nitrogens with zero attached hydrogens (tertiary/aromatic N) is 2. The largest absolute Gasteiger partial charge is 1.00 e. The second-order valence-electron chi connectivity index (χ2n) is 21.1. The summed E-state index contributed by atoms with van der Waals surface area (Å²) >= 11 is 0. The number of fused-ring (bicyclic) bond motifs is 9. The van der Waals surface area contributed by atoms with E-state index >= 15 is 0 Å². The third-order valence-corrected chi connectivity index (χ3v) is 16.1. The number of rotatable bonds is 6. The molecule has 14 aromatic carbocycles. The molecule has 0 bridgehead atoms. The molecule has 0 atom stereocenters. The Bertz CT molecular complexity index is 5540. The average Bonchev–Trinajstić information content (AvgIpc) is 0.785. The van der Waals surface area contributed by atoms with Crippen molar-refractivity contribution in [3.63, 3.8) is 0 Å². The third-order valence-electron chi connectivity index (χ3n) is 16.1. The number of hydrogen-bond acceptors (Lipinski definition) is 4. The molecule has 0 aliphatic rings. The zero-order chi connectivity index (χ0) is 61.7. The van der Waals surface area contributed by atoms with Crippen molar-refractivity contribution in [3.05, 3.63) is 315 Å². The molecule has 5 nitrogen and oxygen atoms in total. The van der Waals surface area contributed by atoms with E-state index in [9.17, 15) is 5.11 Å². The summed E-state index contributed by atoms with van der Waals surface area (Å²) < 4.78 is 48.6. The van der Waals surface area contributed by atoms with Crippen LogP contribution >= 0.6 is 0 Å². The SMILES string of the molecule is [2H]c1c([2H])c([2H])c(-c2c3ccccc3c(-c3cc4ccccc4c4ccccc34)c3ccccc23)c([2H])c1[2H].[Li+].[O-]c1cccc2ccc[nH+]c12.c1ccc(-c2ccc(-c3nc4ccc(-c5c6ccccc6c(-c6ccccc6)c6ccccc56)nc4o3)cc2)cc1. The van der Waals surface area contributed by atoms with E-state index in [-0.39, 0.29) is 60.4 Å². The number of hydrogen-bond donors (Lipinski definition) is 0. The Morgan fingerprint density at radius 1 is 0.345 bits per heavy atom. The van der Waals surface area contributed by atoms with E-state index in [2.05, 4.69) is 205 Å². The summed E-state index contributed by atoms with van der Waals surface area (Å²) in [7, 11) is 0. The number of nitrogens with one attached hydrogen (secondary N) is 1. The number of oxazole rings is 1. The van der Waals surface area contributed by atoms with Crippen LogP contribution in [0.5, 0.6) is 5.75 Å². The molecule has 0 fully saturated rings. The monoisotopic (exact) mass is 1110 g/mol. The summed E-state index contributed by atoms with van der Waals surface area (Å²) in [5, 5.41) is 25.1. The van der Waals surface area contributed by atoms with Crippen LogP contribution in [-0.2, 0) is 0 Å². The van der Waals surface area contributed by atoms with Gasteiger partial charge in [-0.2, -0.15) is 0 Å². The quantitative estimate of drug-likeness (QED) is 0.0944. The van der Waals surface area contributed by atoms with E-state index in [1.54, 1.807) is 18.3 Å². The van der Waals surface area contributed by atoms with Gasteiger partial charge in [0, 0.05) is 22.6 Å². The van der Waals surface area contributed by atoms with Gasteiger partial charge in [0.15, 0.2) is 6.20 Å². The first-order chi connectivity index (χ1) is 44.7. The minimum absolute atomic E-state index is 0. The third kappa shape index (κ3) is 10.1. The average molecular weight is 1110 g/mol. The number of pyridine rings is 2. The molecule has 0 amide bonds. The summed E-state index contributed by atoms with van der Waals surface area (Å²) in [6.07, 6.45) is 1.75. The Balaban J connectivity index is 0.000000136. The number of aromatic amines is 1. The molecule has 1 N–H and O–H groups in total. The molecule has 0 spiro atoms. The first-order valence-corrected chi connectivity index (χ1v) is 28.6. The molecule has 0 aliphatic heterocycles. The Morgan fingerprint density at radius 2 is 0.805 bits per heavy atom. The zero-order valence-electron chi connectivity index (χ0n) is 52.3. The van der Waals surface area contributed by atoms with Crippen LogP contribution in [0.25, 0.3) is 154 Å². The molecular formula is C81H53LiN3O2+. The van der Waals surface area contributed by atoms with Crippen molar-refractivity contribution in [1.82, 2.24) is 9.97 Å². The molecule has 87 heavy (non-hydrogen) atoms. The number of para-hydroxylation sites is 1. The predicted molar refractivity (Wildman–Crippen MR) is 356 cm³/mol. The van der Waals surface area contributed by atoms with Crippen LogP contribution < -0.4 is 29.0 Å². The van der Waals surface area contributed by atoms with Crippen LogP contribution in [0.1, 0.15) is 6.85 Å². The molecule has 17 aromatic rings. The molecule has 3 heterocycles. The van der Waals surface area contributed by atoms with Gasteiger partial charge >= 0.3 is 18.9 Å². The first kappa shape index (κ1) is 48.4. The Hall–Kier alpha value is -10.9. The van der Waals surface area contributed by atoms with E-state index in [1.165, 1.54) is 38.2 Å². The van der Waals surface area contributed by atoms with Gasteiger partial charge in [0.1, 0.15) is 5.52 Å². The molecule has 404 valence electrons. The molecule has 17 rings (SSSR count). The van der Waals surface area contributed by atoms with Crippen molar-refractivity contribution in [1.29, 1.82) is 0 Å². The number of aromatic nitrogens is 3. The van der Waals surface area contributed by atoms with E-state index in [0.29, 0.717) is 22.7 Å². The van der Waals surface area contributed by atoms with E-state index in [0.717, 1.165) is 87.5 Å². The van der Waals surface area contributed by atoms with Gasteiger partial charge in [-0.25, -0.2) is 15.0 Å². The minimum atomic E-state index is -0.387. The molecule has 0 saturated carbocycles. The normalized spacial score (nSPS) is 12.0. The standard InChI is InChI=1S/C38H24N2O.C34H22.C9H7NO.Li/c1-3-11-25(12-4-1)26-19-21-28(22-20-26)37-40-34-24-23-33(39-38(34)41-37)36-31-17-9-7-15-29(31)35(27-13-5-2-6-14-27)30-16-8-10-18-32(30)36;1-2-12-23(13-3-1)33-28-18-8-10-20-30(28)34(31-21-11-9-19-29(31)33)32-22-24-14-4-5-15-25(24)26-16-6-7-17-27(26)32;11-8-5-1-3-7-4-2-6-10-9(7)8;/h1-24H;1-22H;1-6,11H;/q;;;+1/i;1D,2D,3D,12D,13D;;.